The van der Waals surface area contributed by atoms with Gasteiger partial charge in [0, 0.05) is 43.0 Å². The van der Waals surface area contributed by atoms with E-state index in [1.807, 2.05) is 75.3 Å². The number of aryl methyl sites for hydroxylation is 1. The lowest BCUT2D eigenvalue weighted by atomic mass is 10.1. The Morgan fingerprint density at radius 2 is 1.96 bits per heavy atom. The first-order valence-electron chi connectivity index (χ1n) is 8.68. The van der Waals surface area contributed by atoms with Crippen molar-refractivity contribution in [2.75, 3.05) is 30.9 Å². The summed E-state index contributed by atoms with van der Waals surface area (Å²) >= 11 is 0. The van der Waals surface area contributed by atoms with Crippen molar-refractivity contribution in [2.45, 2.75) is 20.5 Å². The van der Waals surface area contributed by atoms with Gasteiger partial charge in [-0.1, -0.05) is 18.2 Å². The molecule has 1 N–H and O–H groups in total. The fourth-order valence-electron chi connectivity index (χ4n) is 2.87. The predicted molar refractivity (Wildman–Crippen MR) is 105 cm³/mol. The van der Waals surface area contributed by atoms with Gasteiger partial charge in [-0.3, -0.25) is 4.79 Å². The van der Waals surface area contributed by atoms with Crippen LogP contribution in [-0.2, 0) is 11.3 Å². The number of carbonyl (C=O) groups excluding carboxylic acids is 1. The van der Waals surface area contributed by atoms with Gasteiger partial charge in [0.25, 0.3) is 5.91 Å². The molecule has 136 valence electrons. The number of carbonyl (C=O) groups is 1. The van der Waals surface area contributed by atoms with Crippen LogP contribution in [0.25, 0.3) is 11.0 Å². The van der Waals surface area contributed by atoms with Crippen LogP contribution in [0.4, 0.5) is 11.4 Å². The molecule has 0 bridgehead atoms. The van der Waals surface area contributed by atoms with Gasteiger partial charge >= 0.3 is 0 Å². The number of nitrogens with zero attached hydrogens (tertiary/aromatic N) is 1. The Kier molecular flexibility index (Phi) is 5.28. The van der Waals surface area contributed by atoms with E-state index >= 15 is 0 Å². The Hall–Kier alpha value is -2.79. The maximum atomic E-state index is 12.9. The number of hydrogen-bond acceptors (Lipinski definition) is 4. The molecule has 0 aliphatic rings. The number of amides is 1. The second kappa shape index (κ2) is 7.62. The number of rotatable bonds is 6. The molecule has 5 nitrogen and oxygen atoms in total. The standard InChI is InChI=1S/C21H24N2O3/c1-5-25-13-17-16-8-6-7-9-19(16)26-20(17)21(24)22-18-11-10-15(23(3)4)12-14(18)2/h6-12H,5,13H2,1-4H3,(H,22,24). The fourth-order valence-corrected chi connectivity index (χ4v) is 2.87. The van der Waals surface area contributed by atoms with Crippen molar-refractivity contribution < 1.29 is 13.9 Å². The molecule has 0 atom stereocenters. The zero-order valence-electron chi connectivity index (χ0n) is 15.6. The molecule has 0 aliphatic heterocycles. The molecule has 0 aliphatic carbocycles. The molecule has 0 radical (unpaired) electrons. The molecule has 0 unspecified atom stereocenters. The fraction of sp³-hybridized carbons (Fsp3) is 0.286. The molecule has 3 rings (SSSR count). The Bertz CT molecular complexity index is 928. The summed E-state index contributed by atoms with van der Waals surface area (Å²) in [6.45, 7) is 4.82. The molecule has 1 heterocycles. The van der Waals surface area contributed by atoms with Crippen molar-refractivity contribution in [3.63, 3.8) is 0 Å². The number of furan rings is 1. The van der Waals surface area contributed by atoms with Gasteiger partial charge in [-0.05, 0) is 43.7 Å². The van der Waals surface area contributed by atoms with Gasteiger partial charge in [-0.2, -0.15) is 0 Å². The van der Waals surface area contributed by atoms with Crippen LogP contribution in [0.3, 0.4) is 0 Å². The molecule has 26 heavy (non-hydrogen) atoms. The van der Waals surface area contributed by atoms with Gasteiger partial charge < -0.3 is 19.4 Å². The van der Waals surface area contributed by atoms with Crippen LogP contribution in [-0.4, -0.2) is 26.6 Å². The summed E-state index contributed by atoms with van der Waals surface area (Å²) < 4.78 is 11.4. The topological polar surface area (TPSA) is 54.7 Å². The number of anilines is 2. The van der Waals surface area contributed by atoms with E-state index in [-0.39, 0.29) is 5.91 Å². The SMILES string of the molecule is CCOCc1c(C(=O)Nc2ccc(N(C)C)cc2C)oc2ccccc12. The monoisotopic (exact) mass is 352 g/mol. The highest BCUT2D eigenvalue weighted by atomic mass is 16.5. The van der Waals surface area contributed by atoms with Crippen molar-refractivity contribution in [3.05, 3.63) is 59.4 Å². The third kappa shape index (κ3) is 3.58. The highest BCUT2D eigenvalue weighted by Crippen LogP contribution is 2.28. The Labute approximate surface area is 153 Å². The smallest absolute Gasteiger partial charge is 0.291 e. The van der Waals surface area contributed by atoms with E-state index in [9.17, 15) is 4.79 Å². The van der Waals surface area contributed by atoms with Crippen LogP contribution in [0.1, 0.15) is 28.6 Å². The second-order valence-electron chi connectivity index (χ2n) is 6.39. The van der Waals surface area contributed by atoms with Gasteiger partial charge in [0.1, 0.15) is 5.58 Å². The summed E-state index contributed by atoms with van der Waals surface area (Å²) in [7, 11) is 3.98. The summed E-state index contributed by atoms with van der Waals surface area (Å²) in [5, 5.41) is 3.87. The minimum atomic E-state index is -0.267. The summed E-state index contributed by atoms with van der Waals surface area (Å²) in [6.07, 6.45) is 0. The van der Waals surface area contributed by atoms with Crippen molar-refractivity contribution in [1.82, 2.24) is 0 Å². The maximum absolute atomic E-state index is 12.9. The number of benzene rings is 2. The summed E-state index contributed by atoms with van der Waals surface area (Å²) in [4.78, 5) is 14.9. The van der Waals surface area contributed by atoms with Crippen LogP contribution in [0.5, 0.6) is 0 Å². The maximum Gasteiger partial charge on any atom is 0.291 e. The van der Waals surface area contributed by atoms with E-state index < -0.39 is 0 Å². The van der Waals surface area contributed by atoms with E-state index in [1.165, 1.54) is 0 Å². The largest absolute Gasteiger partial charge is 0.451 e. The molecule has 5 heteroatoms. The lowest BCUT2D eigenvalue weighted by Gasteiger charge is -2.15. The third-order valence-electron chi connectivity index (χ3n) is 4.33. The lowest BCUT2D eigenvalue weighted by molar-refractivity contribution is 0.0984. The molecule has 0 fully saturated rings. The zero-order chi connectivity index (χ0) is 18.7. The van der Waals surface area contributed by atoms with E-state index in [0.717, 1.165) is 27.9 Å². The van der Waals surface area contributed by atoms with Crippen LogP contribution in [0, 0.1) is 6.92 Å². The molecular formula is C21H24N2O3. The van der Waals surface area contributed by atoms with Gasteiger partial charge in [0.05, 0.1) is 6.61 Å². The molecule has 0 saturated carbocycles. The van der Waals surface area contributed by atoms with Crippen LogP contribution >= 0.6 is 0 Å². The number of nitrogens with one attached hydrogen (secondary N) is 1. The number of fused-ring (bicyclic) bond motifs is 1. The van der Waals surface area contributed by atoms with Crippen molar-refractivity contribution in [1.29, 1.82) is 0 Å². The summed E-state index contributed by atoms with van der Waals surface area (Å²) in [5.41, 5.74) is 4.31. The lowest BCUT2D eigenvalue weighted by Crippen LogP contribution is -2.15. The minimum Gasteiger partial charge on any atom is -0.451 e. The molecule has 1 aromatic heterocycles. The van der Waals surface area contributed by atoms with Crippen molar-refractivity contribution >= 4 is 28.3 Å². The first kappa shape index (κ1) is 18.0. The minimum absolute atomic E-state index is 0.267. The van der Waals surface area contributed by atoms with Gasteiger partial charge in [-0.25, -0.2) is 0 Å². The molecule has 3 aromatic rings. The molecule has 1 amide bonds. The quantitative estimate of drug-likeness (QED) is 0.705. The predicted octanol–water partition coefficient (Wildman–Crippen LogP) is 4.60. The third-order valence-corrected chi connectivity index (χ3v) is 4.33. The molecule has 2 aromatic carbocycles. The number of hydrogen-bond donors (Lipinski definition) is 1. The zero-order valence-corrected chi connectivity index (χ0v) is 15.6. The summed E-state index contributed by atoms with van der Waals surface area (Å²) in [6, 6.07) is 13.5. The van der Waals surface area contributed by atoms with E-state index in [4.69, 9.17) is 9.15 Å². The van der Waals surface area contributed by atoms with E-state index in [0.29, 0.717) is 24.6 Å². The first-order valence-corrected chi connectivity index (χ1v) is 8.68. The number of ether oxygens (including phenoxy) is 1. The van der Waals surface area contributed by atoms with Gasteiger partial charge in [-0.15, -0.1) is 0 Å². The Morgan fingerprint density at radius 3 is 2.65 bits per heavy atom. The van der Waals surface area contributed by atoms with E-state index in [1.54, 1.807) is 0 Å². The van der Waals surface area contributed by atoms with Crippen LogP contribution in [0.15, 0.2) is 46.9 Å². The first-order chi connectivity index (χ1) is 12.5. The van der Waals surface area contributed by atoms with Crippen molar-refractivity contribution in [2.24, 2.45) is 0 Å². The second-order valence-corrected chi connectivity index (χ2v) is 6.39. The van der Waals surface area contributed by atoms with Gasteiger partial charge in [0.15, 0.2) is 5.76 Å². The summed E-state index contributed by atoms with van der Waals surface area (Å²) in [5.74, 6) is 0.0346. The van der Waals surface area contributed by atoms with Crippen LogP contribution < -0.4 is 10.2 Å². The Balaban J connectivity index is 1.92. The Morgan fingerprint density at radius 1 is 1.19 bits per heavy atom. The molecule has 0 saturated heterocycles. The normalized spacial score (nSPS) is 10.9. The highest BCUT2D eigenvalue weighted by Gasteiger charge is 2.21. The average Bonchev–Trinajstić information content (AvgIpc) is 3.00. The van der Waals surface area contributed by atoms with Crippen molar-refractivity contribution in [3.8, 4) is 0 Å². The van der Waals surface area contributed by atoms with Crippen LogP contribution in [0.2, 0.25) is 0 Å². The average molecular weight is 352 g/mol. The van der Waals surface area contributed by atoms with Gasteiger partial charge in [0.2, 0.25) is 0 Å². The molecule has 0 spiro atoms. The molecular weight excluding hydrogens is 328 g/mol. The van der Waals surface area contributed by atoms with E-state index in [2.05, 4.69) is 5.32 Å². The number of para-hydroxylation sites is 1. The highest BCUT2D eigenvalue weighted by molar-refractivity contribution is 6.06.